The molecular weight excluding hydrogens is 365 g/mol. The SMILES string of the molecule is CCc1ccc(C(N)=O)c(Cn2cncc2I)c1CC. The highest BCUT2D eigenvalue weighted by atomic mass is 127. The van der Waals surface area contributed by atoms with E-state index < -0.39 is 0 Å². The van der Waals surface area contributed by atoms with E-state index in [0.717, 1.165) is 22.1 Å². The molecular formula is C15H18IN3O. The zero-order valence-corrected chi connectivity index (χ0v) is 13.8. The summed E-state index contributed by atoms with van der Waals surface area (Å²) in [5.74, 6) is -0.368. The molecule has 2 N–H and O–H groups in total. The molecule has 0 atom stereocenters. The quantitative estimate of drug-likeness (QED) is 0.808. The van der Waals surface area contributed by atoms with Crippen molar-refractivity contribution in [3.05, 3.63) is 50.6 Å². The Morgan fingerprint density at radius 3 is 2.55 bits per heavy atom. The van der Waals surface area contributed by atoms with Crippen molar-refractivity contribution in [1.82, 2.24) is 9.55 Å². The molecule has 1 aromatic carbocycles. The number of carbonyl (C=O) groups excluding carboxylic acids is 1. The highest BCUT2D eigenvalue weighted by Crippen LogP contribution is 2.23. The van der Waals surface area contributed by atoms with Crippen molar-refractivity contribution in [3.8, 4) is 0 Å². The lowest BCUT2D eigenvalue weighted by Gasteiger charge is -2.17. The summed E-state index contributed by atoms with van der Waals surface area (Å²) in [6, 6.07) is 3.86. The Bertz CT molecular complexity index is 634. The van der Waals surface area contributed by atoms with Gasteiger partial charge in [0, 0.05) is 5.56 Å². The number of primary amides is 1. The fourth-order valence-electron chi connectivity index (χ4n) is 2.52. The van der Waals surface area contributed by atoms with Gasteiger partial charge < -0.3 is 10.3 Å². The normalized spacial score (nSPS) is 10.8. The van der Waals surface area contributed by atoms with Crippen molar-refractivity contribution in [1.29, 1.82) is 0 Å². The number of nitrogens with zero attached hydrogens (tertiary/aromatic N) is 2. The van der Waals surface area contributed by atoms with Crippen LogP contribution in [0, 0.1) is 3.70 Å². The van der Waals surface area contributed by atoms with E-state index in [0.29, 0.717) is 12.1 Å². The predicted octanol–water partition coefficient (Wildman–Crippen LogP) is 2.76. The summed E-state index contributed by atoms with van der Waals surface area (Å²) in [5, 5.41) is 0. The van der Waals surface area contributed by atoms with Gasteiger partial charge in [-0.15, -0.1) is 0 Å². The maximum absolute atomic E-state index is 11.7. The minimum Gasteiger partial charge on any atom is -0.366 e. The maximum atomic E-state index is 11.7. The first-order valence-corrected chi connectivity index (χ1v) is 7.75. The summed E-state index contributed by atoms with van der Waals surface area (Å²) in [6.45, 7) is 4.87. The molecule has 1 heterocycles. The van der Waals surface area contributed by atoms with E-state index >= 15 is 0 Å². The van der Waals surface area contributed by atoms with Gasteiger partial charge in [-0.3, -0.25) is 4.79 Å². The van der Waals surface area contributed by atoms with Gasteiger partial charge >= 0.3 is 0 Å². The molecule has 0 fully saturated rings. The number of imidazole rings is 1. The van der Waals surface area contributed by atoms with E-state index in [4.69, 9.17) is 5.73 Å². The summed E-state index contributed by atoms with van der Waals surface area (Å²) < 4.78 is 3.07. The van der Waals surface area contributed by atoms with Crippen LogP contribution in [0.2, 0.25) is 0 Å². The lowest BCUT2D eigenvalue weighted by atomic mass is 9.92. The lowest BCUT2D eigenvalue weighted by Crippen LogP contribution is -2.18. The molecule has 0 saturated heterocycles. The van der Waals surface area contributed by atoms with Crippen molar-refractivity contribution in [2.45, 2.75) is 33.2 Å². The van der Waals surface area contributed by atoms with E-state index in [9.17, 15) is 4.79 Å². The molecule has 0 aliphatic carbocycles. The molecule has 0 saturated carbocycles. The molecule has 5 heteroatoms. The summed E-state index contributed by atoms with van der Waals surface area (Å²) >= 11 is 2.24. The van der Waals surface area contributed by atoms with Gasteiger partial charge in [0.1, 0.15) is 0 Å². The maximum Gasteiger partial charge on any atom is 0.249 e. The van der Waals surface area contributed by atoms with Gasteiger partial charge in [-0.1, -0.05) is 19.9 Å². The van der Waals surface area contributed by atoms with E-state index in [2.05, 4.69) is 41.4 Å². The van der Waals surface area contributed by atoms with Crippen LogP contribution in [0.4, 0.5) is 0 Å². The van der Waals surface area contributed by atoms with E-state index in [-0.39, 0.29) is 5.91 Å². The minimum absolute atomic E-state index is 0.368. The third-order valence-corrected chi connectivity index (χ3v) is 4.42. The summed E-state index contributed by atoms with van der Waals surface area (Å²) in [4.78, 5) is 15.8. The first-order valence-electron chi connectivity index (χ1n) is 6.67. The predicted molar refractivity (Wildman–Crippen MR) is 87.8 cm³/mol. The first-order chi connectivity index (χ1) is 9.58. The first kappa shape index (κ1) is 15.0. The molecule has 106 valence electrons. The second kappa shape index (κ2) is 6.39. The number of aryl methyl sites for hydroxylation is 1. The fraction of sp³-hybridized carbons (Fsp3) is 0.333. The standard InChI is InChI=1S/C15H18IN3O/c1-3-10-5-6-12(15(17)20)13(11(10)4-2)8-19-9-18-7-14(19)16/h5-7,9H,3-4,8H2,1-2H3,(H2,17,20). The van der Waals surface area contributed by atoms with Crippen molar-refractivity contribution in [2.24, 2.45) is 5.73 Å². The minimum atomic E-state index is -0.368. The number of benzene rings is 1. The van der Waals surface area contributed by atoms with Gasteiger partial charge in [-0.25, -0.2) is 4.98 Å². The van der Waals surface area contributed by atoms with Gasteiger partial charge in [0.05, 0.1) is 22.8 Å². The fourth-order valence-corrected chi connectivity index (χ4v) is 2.97. The Balaban J connectivity index is 2.57. The van der Waals surface area contributed by atoms with E-state index in [1.165, 1.54) is 11.1 Å². The molecule has 1 aromatic heterocycles. The number of hydrogen-bond donors (Lipinski definition) is 1. The number of hydrogen-bond acceptors (Lipinski definition) is 2. The van der Waals surface area contributed by atoms with Crippen LogP contribution in [0.3, 0.4) is 0 Å². The highest BCUT2D eigenvalue weighted by Gasteiger charge is 2.16. The van der Waals surface area contributed by atoms with Crippen molar-refractivity contribution in [3.63, 3.8) is 0 Å². The number of amides is 1. The summed E-state index contributed by atoms with van der Waals surface area (Å²) in [6.07, 6.45) is 5.44. The lowest BCUT2D eigenvalue weighted by molar-refractivity contribution is 0.0999. The van der Waals surface area contributed by atoms with Gasteiger partial charge in [-0.05, 0) is 58.2 Å². The molecule has 20 heavy (non-hydrogen) atoms. The summed E-state index contributed by atoms with van der Waals surface area (Å²) in [5.41, 5.74) is 9.68. The topological polar surface area (TPSA) is 60.9 Å². The zero-order chi connectivity index (χ0) is 14.7. The van der Waals surface area contributed by atoms with Crippen LogP contribution in [0.1, 0.15) is 40.9 Å². The molecule has 0 spiro atoms. The number of aromatic nitrogens is 2. The van der Waals surface area contributed by atoms with Crippen LogP contribution in [0.25, 0.3) is 0 Å². The molecule has 1 amide bonds. The largest absolute Gasteiger partial charge is 0.366 e. The average Bonchev–Trinajstić information content (AvgIpc) is 2.83. The Kier molecular flexibility index (Phi) is 4.80. The van der Waals surface area contributed by atoms with Gasteiger partial charge in [0.2, 0.25) is 5.91 Å². The second-order valence-corrected chi connectivity index (χ2v) is 5.75. The van der Waals surface area contributed by atoms with Crippen LogP contribution in [0.15, 0.2) is 24.7 Å². The van der Waals surface area contributed by atoms with Crippen LogP contribution >= 0.6 is 22.6 Å². The second-order valence-electron chi connectivity index (χ2n) is 4.64. The highest BCUT2D eigenvalue weighted by molar-refractivity contribution is 14.1. The average molecular weight is 383 g/mol. The number of carbonyl (C=O) groups is 1. The molecule has 0 unspecified atom stereocenters. The molecule has 2 rings (SSSR count). The Morgan fingerprint density at radius 1 is 1.30 bits per heavy atom. The van der Waals surface area contributed by atoms with Gasteiger partial charge in [0.15, 0.2) is 0 Å². The van der Waals surface area contributed by atoms with Crippen molar-refractivity contribution in [2.75, 3.05) is 0 Å². The number of rotatable bonds is 5. The third kappa shape index (κ3) is 2.87. The number of halogens is 1. The molecule has 0 bridgehead atoms. The monoisotopic (exact) mass is 383 g/mol. The molecule has 0 radical (unpaired) electrons. The molecule has 0 aliphatic heterocycles. The van der Waals surface area contributed by atoms with Crippen molar-refractivity contribution >= 4 is 28.5 Å². The summed E-state index contributed by atoms with van der Waals surface area (Å²) in [7, 11) is 0. The van der Waals surface area contributed by atoms with Crippen LogP contribution in [-0.2, 0) is 19.4 Å². The van der Waals surface area contributed by atoms with Crippen LogP contribution in [-0.4, -0.2) is 15.5 Å². The smallest absolute Gasteiger partial charge is 0.249 e. The van der Waals surface area contributed by atoms with E-state index in [1.54, 1.807) is 12.5 Å². The number of nitrogens with two attached hydrogens (primary N) is 1. The Morgan fingerprint density at radius 2 is 2.05 bits per heavy atom. The Hall–Kier alpha value is -1.37. The van der Waals surface area contributed by atoms with E-state index in [1.807, 2.05) is 16.7 Å². The molecule has 0 aliphatic rings. The van der Waals surface area contributed by atoms with Crippen molar-refractivity contribution < 1.29 is 4.79 Å². The molecule has 4 nitrogen and oxygen atoms in total. The van der Waals surface area contributed by atoms with Gasteiger partial charge in [0.25, 0.3) is 0 Å². The zero-order valence-electron chi connectivity index (χ0n) is 11.7. The van der Waals surface area contributed by atoms with Gasteiger partial charge in [-0.2, -0.15) is 0 Å². The van der Waals surface area contributed by atoms with Crippen LogP contribution in [0.5, 0.6) is 0 Å². The van der Waals surface area contributed by atoms with Crippen LogP contribution < -0.4 is 5.73 Å². The molecule has 2 aromatic rings. The third-order valence-electron chi connectivity index (χ3n) is 3.52. The Labute approximate surface area is 132 Å².